The second-order valence-electron chi connectivity index (χ2n) is 5.63. The number of phenolic OH excluding ortho intramolecular Hbond substituents is 1. The topological polar surface area (TPSA) is 100 Å². The Labute approximate surface area is 130 Å². The molecule has 0 aliphatic carbocycles. The SMILES string of the molecule is CCC1NCCc2[nH]c(N)c(/C=C(\N)c3ccccc3O)c21. The van der Waals surface area contributed by atoms with Crippen LogP contribution in [0.4, 0.5) is 5.82 Å². The Bertz CT molecular complexity index is 717. The van der Waals surface area contributed by atoms with Crippen molar-refractivity contribution < 1.29 is 5.11 Å². The number of nitrogen functional groups attached to an aromatic ring is 1. The molecule has 1 unspecified atom stereocenters. The number of anilines is 1. The molecule has 0 amide bonds. The van der Waals surface area contributed by atoms with E-state index in [1.54, 1.807) is 18.2 Å². The molecule has 0 radical (unpaired) electrons. The third-order valence-electron chi connectivity index (χ3n) is 4.23. The lowest BCUT2D eigenvalue weighted by atomic mass is 9.94. The number of H-pyrrole nitrogens is 1. The highest BCUT2D eigenvalue weighted by Crippen LogP contribution is 2.34. The van der Waals surface area contributed by atoms with Gasteiger partial charge in [0.2, 0.25) is 0 Å². The van der Waals surface area contributed by atoms with E-state index < -0.39 is 0 Å². The summed E-state index contributed by atoms with van der Waals surface area (Å²) in [5.74, 6) is 0.801. The zero-order valence-electron chi connectivity index (χ0n) is 12.7. The fraction of sp³-hybridized carbons (Fsp3) is 0.294. The summed E-state index contributed by atoms with van der Waals surface area (Å²) in [6.45, 7) is 3.10. The lowest BCUT2D eigenvalue weighted by Crippen LogP contribution is -2.29. The Morgan fingerprint density at radius 2 is 2.18 bits per heavy atom. The first-order valence-electron chi connectivity index (χ1n) is 7.61. The summed E-state index contributed by atoms with van der Waals surface area (Å²) in [7, 11) is 0. The van der Waals surface area contributed by atoms with Crippen molar-refractivity contribution in [2.75, 3.05) is 12.3 Å². The molecule has 7 N–H and O–H groups in total. The zero-order valence-corrected chi connectivity index (χ0v) is 12.7. The van der Waals surface area contributed by atoms with E-state index in [4.69, 9.17) is 11.5 Å². The fourth-order valence-corrected chi connectivity index (χ4v) is 3.13. The monoisotopic (exact) mass is 298 g/mol. The van der Waals surface area contributed by atoms with Crippen molar-refractivity contribution in [1.29, 1.82) is 0 Å². The first kappa shape index (κ1) is 14.5. The molecule has 1 aromatic carbocycles. The number of aromatic hydroxyl groups is 1. The summed E-state index contributed by atoms with van der Waals surface area (Å²) >= 11 is 0. The normalized spacial score (nSPS) is 18.2. The van der Waals surface area contributed by atoms with E-state index in [1.807, 2.05) is 12.1 Å². The zero-order chi connectivity index (χ0) is 15.7. The fourth-order valence-electron chi connectivity index (χ4n) is 3.13. The second-order valence-corrected chi connectivity index (χ2v) is 5.63. The van der Waals surface area contributed by atoms with Gasteiger partial charge in [0.1, 0.15) is 11.6 Å². The van der Waals surface area contributed by atoms with Crippen LogP contribution in [0.1, 0.15) is 41.8 Å². The van der Waals surface area contributed by atoms with Crippen LogP contribution in [0.15, 0.2) is 24.3 Å². The van der Waals surface area contributed by atoms with Crippen molar-refractivity contribution in [3.8, 4) is 5.75 Å². The van der Waals surface area contributed by atoms with Crippen molar-refractivity contribution in [1.82, 2.24) is 10.3 Å². The van der Waals surface area contributed by atoms with E-state index >= 15 is 0 Å². The van der Waals surface area contributed by atoms with Crippen LogP contribution in [-0.2, 0) is 6.42 Å². The molecule has 2 heterocycles. The highest BCUT2D eigenvalue weighted by Gasteiger charge is 2.25. The van der Waals surface area contributed by atoms with Crippen molar-refractivity contribution in [3.63, 3.8) is 0 Å². The molecular weight excluding hydrogens is 276 g/mol. The molecule has 0 bridgehead atoms. The molecule has 1 aliphatic heterocycles. The molecule has 5 heteroatoms. The number of rotatable bonds is 3. The third-order valence-corrected chi connectivity index (χ3v) is 4.23. The molecule has 1 aromatic heterocycles. The maximum Gasteiger partial charge on any atom is 0.124 e. The number of benzene rings is 1. The highest BCUT2D eigenvalue weighted by molar-refractivity contribution is 5.86. The lowest BCUT2D eigenvalue weighted by molar-refractivity contribution is 0.473. The molecule has 1 aliphatic rings. The van der Waals surface area contributed by atoms with Gasteiger partial charge in [0.15, 0.2) is 0 Å². The van der Waals surface area contributed by atoms with Gasteiger partial charge in [-0.05, 0) is 30.2 Å². The van der Waals surface area contributed by atoms with Crippen molar-refractivity contribution in [2.45, 2.75) is 25.8 Å². The summed E-state index contributed by atoms with van der Waals surface area (Å²) in [4.78, 5) is 3.28. The smallest absolute Gasteiger partial charge is 0.124 e. The lowest BCUT2D eigenvalue weighted by Gasteiger charge is -2.24. The van der Waals surface area contributed by atoms with E-state index in [1.165, 1.54) is 11.3 Å². The number of hydrogen-bond donors (Lipinski definition) is 5. The molecular formula is C17H22N4O. The first-order valence-corrected chi connectivity index (χ1v) is 7.61. The molecule has 22 heavy (non-hydrogen) atoms. The van der Waals surface area contributed by atoms with Crippen LogP contribution in [0, 0.1) is 0 Å². The van der Waals surface area contributed by atoms with Crippen LogP contribution >= 0.6 is 0 Å². The van der Waals surface area contributed by atoms with Crippen LogP contribution in [0.2, 0.25) is 0 Å². The molecule has 116 valence electrons. The molecule has 0 saturated carbocycles. The van der Waals surface area contributed by atoms with Gasteiger partial charge in [0.05, 0.1) is 0 Å². The molecule has 0 fully saturated rings. The molecule has 3 rings (SSSR count). The predicted molar refractivity (Wildman–Crippen MR) is 90.1 cm³/mol. The standard InChI is InChI=1S/C17H22N4O/c1-2-13-16-11(17(19)21-14(16)7-8-20-13)9-12(18)10-5-3-4-6-15(10)22/h3-6,9,13,20-22H,2,7-8,18-19H2,1H3/b12-9-. The second kappa shape index (κ2) is 5.77. The largest absolute Gasteiger partial charge is 0.507 e. The van der Waals surface area contributed by atoms with E-state index in [-0.39, 0.29) is 11.8 Å². The summed E-state index contributed by atoms with van der Waals surface area (Å²) in [6.07, 6.45) is 3.78. The first-order chi connectivity index (χ1) is 10.6. The minimum absolute atomic E-state index is 0.171. The molecule has 0 saturated heterocycles. The molecule has 2 aromatic rings. The van der Waals surface area contributed by atoms with Gasteiger partial charge in [0, 0.05) is 41.5 Å². The number of para-hydroxylation sites is 1. The Morgan fingerprint density at radius 1 is 1.41 bits per heavy atom. The van der Waals surface area contributed by atoms with Crippen LogP contribution in [0.5, 0.6) is 5.75 Å². The van der Waals surface area contributed by atoms with Crippen LogP contribution in [-0.4, -0.2) is 16.6 Å². The number of fused-ring (bicyclic) bond motifs is 1. The summed E-state index contributed by atoms with van der Waals surface area (Å²) < 4.78 is 0. The van der Waals surface area contributed by atoms with Crippen molar-refractivity contribution in [2.24, 2.45) is 5.73 Å². The quantitative estimate of drug-likeness (QED) is 0.600. The van der Waals surface area contributed by atoms with Crippen LogP contribution in [0.25, 0.3) is 11.8 Å². The third kappa shape index (κ3) is 2.44. The minimum Gasteiger partial charge on any atom is -0.507 e. The van der Waals surface area contributed by atoms with Crippen molar-refractivity contribution in [3.05, 3.63) is 46.6 Å². The highest BCUT2D eigenvalue weighted by atomic mass is 16.3. The maximum atomic E-state index is 9.94. The maximum absolute atomic E-state index is 9.94. The summed E-state index contributed by atoms with van der Waals surface area (Å²) in [5.41, 5.74) is 16.8. The van der Waals surface area contributed by atoms with Gasteiger partial charge in [-0.25, -0.2) is 0 Å². The van der Waals surface area contributed by atoms with Gasteiger partial charge in [-0.15, -0.1) is 0 Å². The number of aromatic amines is 1. The molecule has 0 spiro atoms. The van der Waals surface area contributed by atoms with E-state index in [0.29, 0.717) is 17.1 Å². The summed E-state index contributed by atoms with van der Waals surface area (Å²) in [5, 5.41) is 13.5. The van der Waals surface area contributed by atoms with Gasteiger partial charge in [-0.1, -0.05) is 19.1 Å². The van der Waals surface area contributed by atoms with E-state index in [9.17, 15) is 5.11 Å². The minimum atomic E-state index is 0.171. The van der Waals surface area contributed by atoms with E-state index in [0.717, 1.165) is 24.9 Å². The van der Waals surface area contributed by atoms with Gasteiger partial charge in [-0.3, -0.25) is 0 Å². The van der Waals surface area contributed by atoms with Gasteiger partial charge in [0.25, 0.3) is 0 Å². The van der Waals surface area contributed by atoms with Crippen LogP contribution in [0.3, 0.4) is 0 Å². The average Bonchev–Trinajstić information content (AvgIpc) is 2.83. The number of aromatic nitrogens is 1. The average molecular weight is 298 g/mol. The number of nitrogens with two attached hydrogens (primary N) is 2. The Kier molecular flexibility index (Phi) is 3.81. The Hall–Kier alpha value is -2.40. The van der Waals surface area contributed by atoms with Gasteiger partial charge >= 0.3 is 0 Å². The molecule has 1 atom stereocenters. The van der Waals surface area contributed by atoms with Gasteiger partial charge in [-0.2, -0.15) is 0 Å². The van der Waals surface area contributed by atoms with E-state index in [2.05, 4.69) is 17.2 Å². The predicted octanol–water partition coefficient (Wildman–Crippen LogP) is 2.36. The van der Waals surface area contributed by atoms with Gasteiger partial charge < -0.3 is 26.9 Å². The summed E-state index contributed by atoms with van der Waals surface area (Å²) in [6, 6.07) is 7.33. The number of hydrogen-bond acceptors (Lipinski definition) is 4. The Morgan fingerprint density at radius 3 is 2.91 bits per heavy atom. The van der Waals surface area contributed by atoms with Crippen LogP contribution < -0.4 is 16.8 Å². The number of nitrogens with one attached hydrogen (secondary N) is 2. The Balaban J connectivity index is 2.08. The number of phenols is 1. The molecule has 5 nitrogen and oxygen atoms in total. The van der Waals surface area contributed by atoms with Crippen molar-refractivity contribution >= 4 is 17.6 Å².